The maximum atomic E-state index is 12.5. The molecule has 26 heavy (non-hydrogen) atoms. The van der Waals surface area contributed by atoms with Crippen molar-refractivity contribution in [3.05, 3.63) is 77.6 Å². The van der Waals surface area contributed by atoms with E-state index in [1.165, 1.54) is 18.3 Å². The van der Waals surface area contributed by atoms with Crippen LogP contribution in [0.2, 0.25) is 0 Å². The zero-order chi connectivity index (χ0) is 18.6. The SMILES string of the molecule is Cc1ccc(S(=O)(=O)Nc2c[nH]nc2C(=O)NCc2ccccc2)cc1. The van der Waals surface area contributed by atoms with E-state index < -0.39 is 15.9 Å². The van der Waals surface area contributed by atoms with Gasteiger partial charge in [0.25, 0.3) is 15.9 Å². The minimum atomic E-state index is -3.81. The van der Waals surface area contributed by atoms with E-state index >= 15 is 0 Å². The molecule has 1 heterocycles. The molecule has 2 aromatic carbocycles. The molecule has 0 saturated heterocycles. The Morgan fingerprint density at radius 2 is 1.77 bits per heavy atom. The van der Waals surface area contributed by atoms with Crippen LogP contribution in [-0.4, -0.2) is 24.5 Å². The molecule has 0 unspecified atom stereocenters. The lowest BCUT2D eigenvalue weighted by Gasteiger charge is -2.09. The van der Waals surface area contributed by atoms with Crippen molar-refractivity contribution in [2.24, 2.45) is 0 Å². The first-order valence-electron chi connectivity index (χ1n) is 7.91. The number of aromatic nitrogens is 2. The lowest BCUT2D eigenvalue weighted by Crippen LogP contribution is -2.25. The van der Waals surface area contributed by atoms with E-state index in [0.717, 1.165) is 11.1 Å². The van der Waals surface area contributed by atoms with Crippen LogP contribution in [0.4, 0.5) is 5.69 Å². The van der Waals surface area contributed by atoms with Crippen molar-refractivity contribution in [2.75, 3.05) is 4.72 Å². The van der Waals surface area contributed by atoms with Crippen LogP contribution in [-0.2, 0) is 16.6 Å². The molecule has 1 amide bonds. The second kappa shape index (κ2) is 7.40. The van der Waals surface area contributed by atoms with Gasteiger partial charge in [0, 0.05) is 12.7 Å². The molecule has 7 nitrogen and oxygen atoms in total. The summed E-state index contributed by atoms with van der Waals surface area (Å²) in [4.78, 5) is 12.4. The molecule has 0 bridgehead atoms. The molecule has 0 radical (unpaired) electrons. The summed E-state index contributed by atoms with van der Waals surface area (Å²) in [5.74, 6) is -0.475. The first-order chi connectivity index (χ1) is 12.5. The molecule has 3 rings (SSSR count). The predicted molar refractivity (Wildman–Crippen MR) is 98.2 cm³/mol. The van der Waals surface area contributed by atoms with Crippen molar-refractivity contribution >= 4 is 21.6 Å². The number of rotatable bonds is 6. The second-order valence-corrected chi connectivity index (χ2v) is 7.42. The number of hydrogen-bond acceptors (Lipinski definition) is 4. The van der Waals surface area contributed by atoms with Crippen LogP contribution in [0.3, 0.4) is 0 Å². The Labute approximate surface area is 151 Å². The van der Waals surface area contributed by atoms with Gasteiger partial charge in [0.1, 0.15) is 0 Å². The first kappa shape index (κ1) is 17.7. The highest BCUT2D eigenvalue weighted by Gasteiger charge is 2.20. The molecule has 134 valence electrons. The molecule has 0 aliphatic carbocycles. The molecule has 0 spiro atoms. The number of carbonyl (C=O) groups excluding carboxylic acids is 1. The summed E-state index contributed by atoms with van der Waals surface area (Å²) in [5.41, 5.74) is 1.96. The Hall–Kier alpha value is -3.13. The zero-order valence-corrected chi connectivity index (χ0v) is 14.9. The van der Waals surface area contributed by atoms with Crippen LogP contribution in [0, 0.1) is 6.92 Å². The summed E-state index contributed by atoms with van der Waals surface area (Å²) < 4.78 is 27.4. The van der Waals surface area contributed by atoms with Gasteiger partial charge in [-0.15, -0.1) is 0 Å². The summed E-state index contributed by atoms with van der Waals surface area (Å²) in [6.45, 7) is 2.19. The van der Waals surface area contributed by atoms with Gasteiger partial charge in [-0.2, -0.15) is 5.10 Å². The Bertz CT molecular complexity index is 996. The fourth-order valence-corrected chi connectivity index (χ4v) is 3.38. The van der Waals surface area contributed by atoms with Crippen LogP contribution < -0.4 is 10.0 Å². The number of H-pyrrole nitrogens is 1. The second-order valence-electron chi connectivity index (χ2n) is 5.73. The van der Waals surface area contributed by atoms with Crippen molar-refractivity contribution in [3.63, 3.8) is 0 Å². The summed E-state index contributed by atoms with van der Waals surface area (Å²) in [7, 11) is -3.81. The van der Waals surface area contributed by atoms with E-state index in [2.05, 4.69) is 20.2 Å². The number of benzene rings is 2. The largest absolute Gasteiger partial charge is 0.346 e. The molecule has 1 aromatic heterocycles. The number of nitrogens with zero attached hydrogens (tertiary/aromatic N) is 1. The Balaban J connectivity index is 1.73. The van der Waals surface area contributed by atoms with E-state index in [1.807, 2.05) is 37.3 Å². The molecule has 3 aromatic rings. The fraction of sp³-hybridized carbons (Fsp3) is 0.111. The lowest BCUT2D eigenvalue weighted by molar-refractivity contribution is 0.0947. The molecule has 0 atom stereocenters. The van der Waals surface area contributed by atoms with Gasteiger partial charge in [0.15, 0.2) is 5.69 Å². The average molecular weight is 370 g/mol. The number of carbonyl (C=O) groups is 1. The Morgan fingerprint density at radius 1 is 1.08 bits per heavy atom. The predicted octanol–water partition coefficient (Wildman–Crippen LogP) is 2.45. The third-order valence-corrected chi connectivity index (χ3v) is 5.11. The highest BCUT2D eigenvalue weighted by Crippen LogP contribution is 2.18. The van der Waals surface area contributed by atoms with Gasteiger partial charge < -0.3 is 5.32 Å². The van der Waals surface area contributed by atoms with Gasteiger partial charge in [-0.3, -0.25) is 14.6 Å². The maximum absolute atomic E-state index is 12.5. The summed E-state index contributed by atoms with van der Waals surface area (Å²) in [6, 6.07) is 15.8. The minimum absolute atomic E-state index is 0.0170. The maximum Gasteiger partial charge on any atom is 0.274 e. The molecule has 0 saturated carbocycles. The molecule has 0 aliphatic heterocycles. The van der Waals surface area contributed by atoms with E-state index in [4.69, 9.17) is 0 Å². The number of aromatic amines is 1. The number of amides is 1. The summed E-state index contributed by atoms with van der Waals surface area (Å²) >= 11 is 0. The van der Waals surface area contributed by atoms with Crippen LogP contribution in [0.5, 0.6) is 0 Å². The molecule has 0 aliphatic rings. The number of aryl methyl sites for hydroxylation is 1. The van der Waals surface area contributed by atoms with Gasteiger partial charge in [-0.25, -0.2) is 8.42 Å². The van der Waals surface area contributed by atoms with Crippen molar-refractivity contribution in [3.8, 4) is 0 Å². The van der Waals surface area contributed by atoms with Crippen molar-refractivity contribution in [1.29, 1.82) is 0 Å². The van der Waals surface area contributed by atoms with Crippen molar-refractivity contribution in [2.45, 2.75) is 18.4 Å². The normalized spacial score (nSPS) is 11.1. The third-order valence-electron chi connectivity index (χ3n) is 3.73. The third kappa shape index (κ3) is 4.09. The highest BCUT2D eigenvalue weighted by atomic mass is 32.2. The Morgan fingerprint density at radius 3 is 2.46 bits per heavy atom. The molecular weight excluding hydrogens is 352 g/mol. The van der Waals surface area contributed by atoms with E-state index in [0.29, 0.717) is 6.54 Å². The van der Waals surface area contributed by atoms with Crippen LogP contribution in [0.25, 0.3) is 0 Å². The lowest BCUT2D eigenvalue weighted by atomic mass is 10.2. The fourth-order valence-electron chi connectivity index (χ4n) is 2.32. The number of nitrogens with one attached hydrogen (secondary N) is 3. The standard InChI is InChI=1S/C18H18N4O3S/c1-13-7-9-15(10-8-13)26(24,25)22-16-12-20-21-17(16)18(23)19-11-14-5-3-2-4-6-14/h2-10,12,22H,11H2,1H3,(H,19,23)(H,20,21). The topological polar surface area (TPSA) is 104 Å². The van der Waals surface area contributed by atoms with Crippen LogP contribution in [0.1, 0.15) is 21.6 Å². The molecule has 3 N–H and O–H groups in total. The molecule has 0 fully saturated rings. The summed E-state index contributed by atoms with van der Waals surface area (Å²) in [5, 5.41) is 9.10. The van der Waals surface area contributed by atoms with Crippen molar-refractivity contribution < 1.29 is 13.2 Å². The first-order valence-corrected chi connectivity index (χ1v) is 9.39. The van der Waals surface area contributed by atoms with Gasteiger partial charge in [0.05, 0.1) is 10.6 Å². The number of sulfonamides is 1. The average Bonchev–Trinajstić information content (AvgIpc) is 3.08. The Kier molecular flexibility index (Phi) is 5.04. The van der Waals surface area contributed by atoms with E-state index in [-0.39, 0.29) is 16.3 Å². The van der Waals surface area contributed by atoms with Crippen LogP contribution >= 0.6 is 0 Å². The minimum Gasteiger partial charge on any atom is -0.346 e. The number of anilines is 1. The van der Waals surface area contributed by atoms with Gasteiger partial charge in [-0.05, 0) is 24.6 Å². The highest BCUT2D eigenvalue weighted by molar-refractivity contribution is 7.92. The summed E-state index contributed by atoms with van der Waals surface area (Å²) in [6.07, 6.45) is 1.34. The van der Waals surface area contributed by atoms with E-state index in [9.17, 15) is 13.2 Å². The molecular formula is C18H18N4O3S. The monoisotopic (exact) mass is 370 g/mol. The molecule has 8 heteroatoms. The quantitative estimate of drug-likeness (QED) is 0.620. The van der Waals surface area contributed by atoms with Gasteiger partial charge in [0.2, 0.25) is 0 Å². The number of hydrogen-bond donors (Lipinski definition) is 3. The smallest absolute Gasteiger partial charge is 0.274 e. The van der Waals surface area contributed by atoms with Crippen LogP contribution in [0.15, 0.2) is 65.7 Å². The zero-order valence-electron chi connectivity index (χ0n) is 14.1. The van der Waals surface area contributed by atoms with E-state index in [1.54, 1.807) is 12.1 Å². The van der Waals surface area contributed by atoms with Gasteiger partial charge in [-0.1, -0.05) is 48.0 Å². The van der Waals surface area contributed by atoms with Gasteiger partial charge >= 0.3 is 0 Å². The van der Waals surface area contributed by atoms with Crippen molar-refractivity contribution in [1.82, 2.24) is 15.5 Å².